The predicted octanol–water partition coefficient (Wildman–Crippen LogP) is 17.9. The van der Waals surface area contributed by atoms with Gasteiger partial charge in [-0.25, -0.2) is 0 Å². The standard InChI is InChI=1S/C63H50N2/c1-3-42-63(2)59-27-15-12-26-57(59)58-41-40-54(44-60(58)63)65(52-22-8-5-9-23-52)62-29-17-14-25-56(62)48-33-31-47(32-34-48)55-24-13-16-28-61(55)64(51-20-6-4-7-21-51)53-38-36-46(37-39-53)50-35-30-45-18-10-11-19-49(45)43-50/h4-41,43-44H,3,42H2,1-2H3. The molecule has 0 saturated carbocycles. The van der Waals surface area contributed by atoms with E-state index in [1.165, 1.54) is 49.7 Å². The van der Waals surface area contributed by atoms with Crippen molar-refractivity contribution in [3.05, 3.63) is 254 Å². The Morgan fingerprint density at radius 1 is 0.323 bits per heavy atom. The second-order valence-electron chi connectivity index (χ2n) is 17.4. The summed E-state index contributed by atoms with van der Waals surface area (Å²) in [6, 6.07) is 88.7. The number of hydrogen-bond acceptors (Lipinski definition) is 2. The molecule has 0 amide bonds. The number of anilines is 6. The van der Waals surface area contributed by atoms with Gasteiger partial charge in [0.1, 0.15) is 0 Å². The first-order chi connectivity index (χ1) is 32.1. The van der Waals surface area contributed by atoms with Crippen LogP contribution >= 0.6 is 0 Å². The third-order valence-electron chi connectivity index (χ3n) is 13.5. The van der Waals surface area contributed by atoms with E-state index in [-0.39, 0.29) is 5.41 Å². The lowest BCUT2D eigenvalue weighted by atomic mass is 9.76. The largest absolute Gasteiger partial charge is 0.310 e. The molecular weight excluding hydrogens is 785 g/mol. The summed E-state index contributed by atoms with van der Waals surface area (Å²) in [4.78, 5) is 4.82. The minimum absolute atomic E-state index is 0.0535. The number of benzene rings is 10. The van der Waals surface area contributed by atoms with Gasteiger partial charge in [-0.05, 0) is 128 Å². The molecule has 0 aromatic heterocycles. The fourth-order valence-corrected chi connectivity index (χ4v) is 10.3. The van der Waals surface area contributed by atoms with E-state index in [4.69, 9.17) is 0 Å². The first-order valence-electron chi connectivity index (χ1n) is 22.9. The summed E-state index contributed by atoms with van der Waals surface area (Å²) in [7, 11) is 0. The monoisotopic (exact) mass is 834 g/mol. The molecule has 1 atom stereocenters. The van der Waals surface area contributed by atoms with Gasteiger partial charge in [-0.2, -0.15) is 0 Å². The van der Waals surface area contributed by atoms with Crippen LogP contribution < -0.4 is 9.80 Å². The molecule has 0 aliphatic heterocycles. The lowest BCUT2D eigenvalue weighted by molar-refractivity contribution is 0.524. The quantitative estimate of drug-likeness (QED) is 0.128. The molecule has 0 heterocycles. The Hall–Kier alpha value is -7.94. The second kappa shape index (κ2) is 17.0. The topological polar surface area (TPSA) is 6.48 Å². The Morgan fingerprint density at radius 2 is 0.769 bits per heavy atom. The van der Waals surface area contributed by atoms with Crippen LogP contribution in [-0.2, 0) is 5.41 Å². The van der Waals surface area contributed by atoms with Crippen LogP contribution in [0, 0.1) is 0 Å². The van der Waals surface area contributed by atoms with Crippen molar-refractivity contribution in [2.75, 3.05) is 9.80 Å². The molecule has 2 nitrogen and oxygen atoms in total. The van der Waals surface area contributed by atoms with Gasteiger partial charge in [-0.3, -0.25) is 0 Å². The van der Waals surface area contributed by atoms with Gasteiger partial charge < -0.3 is 9.80 Å². The molecule has 65 heavy (non-hydrogen) atoms. The zero-order valence-corrected chi connectivity index (χ0v) is 36.9. The Kier molecular flexibility index (Phi) is 10.4. The third kappa shape index (κ3) is 7.28. The van der Waals surface area contributed by atoms with Crippen molar-refractivity contribution >= 4 is 44.9 Å². The van der Waals surface area contributed by atoms with E-state index < -0.39 is 0 Å². The van der Waals surface area contributed by atoms with Gasteiger partial charge in [0.25, 0.3) is 0 Å². The Bertz CT molecular complexity index is 3280. The van der Waals surface area contributed by atoms with Crippen molar-refractivity contribution < 1.29 is 0 Å². The van der Waals surface area contributed by atoms with Crippen LogP contribution in [0.2, 0.25) is 0 Å². The van der Waals surface area contributed by atoms with Gasteiger partial charge >= 0.3 is 0 Å². The number of hydrogen-bond donors (Lipinski definition) is 0. The summed E-state index contributed by atoms with van der Waals surface area (Å²) in [6.45, 7) is 4.74. The molecule has 2 heteroatoms. The van der Waals surface area contributed by atoms with Crippen LogP contribution in [0.3, 0.4) is 0 Å². The molecule has 11 rings (SSSR count). The lowest BCUT2D eigenvalue weighted by Gasteiger charge is -2.31. The van der Waals surface area contributed by atoms with Crippen molar-refractivity contribution in [1.29, 1.82) is 0 Å². The highest BCUT2D eigenvalue weighted by Crippen LogP contribution is 2.53. The second-order valence-corrected chi connectivity index (χ2v) is 17.4. The van der Waals surface area contributed by atoms with E-state index in [9.17, 15) is 0 Å². The van der Waals surface area contributed by atoms with Gasteiger partial charge in [0.2, 0.25) is 0 Å². The van der Waals surface area contributed by atoms with Gasteiger partial charge in [-0.15, -0.1) is 0 Å². The summed E-state index contributed by atoms with van der Waals surface area (Å²) < 4.78 is 0. The summed E-state index contributed by atoms with van der Waals surface area (Å²) in [6.07, 6.45) is 2.21. The molecule has 0 bridgehead atoms. The maximum Gasteiger partial charge on any atom is 0.0540 e. The van der Waals surface area contributed by atoms with Crippen molar-refractivity contribution in [2.24, 2.45) is 0 Å². The van der Waals surface area contributed by atoms with Crippen molar-refractivity contribution in [3.63, 3.8) is 0 Å². The number of nitrogens with zero attached hydrogens (tertiary/aromatic N) is 2. The highest BCUT2D eigenvalue weighted by atomic mass is 15.1. The smallest absolute Gasteiger partial charge is 0.0540 e. The first-order valence-corrected chi connectivity index (χ1v) is 22.9. The van der Waals surface area contributed by atoms with E-state index in [1.54, 1.807) is 0 Å². The van der Waals surface area contributed by atoms with E-state index in [0.717, 1.165) is 63.7 Å². The maximum absolute atomic E-state index is 2.46. The molecule has 0 spiro atoms. The number of para-hydroxylation sites is 4. The average molecular weight is 835 g/mol. The maximum atomic E-state index is 2.46. The van der Waals surface area contributed by atoms with Crippen LogP contribution in [0.1, 0.15) is 37.8 Å². The van der Waals surface area contributed by atoms with Crippen LogP contribution in [0.4, 0.5) is 34.1 Å². The Morgan fingerprint density at radius 3 is 1.38 bits per heavy atom. The first kappa shape index (κ1) is 39.9. The van der Waals surface area contributed by atoms with E-state index >= 15 is 0 Å². The fourth-order valence-electron chi connectivity index (χ4n) is 10.3. The minimum atomic E-state index is -0.0535. The number of fused-ring (bicyclic) bond motifs is 4. The highest BCUT2D eigenvalue weighted by molar-refractivity contribution is 5.93. The van der Waals surface area contributed by atoms with Gasteiger partial charge in [0, 0.05) is 39.3 Å². The molecule has 1 unspecified atom stereocenters. The molecule has 1 aliphatic carbocycles. The van der Waals surface area contributed by atoms with E-state index in [0.29, 0.717) is 0 Å². The van der Waals surface area contributed by atoms with Crippen molar-refractivity contribution in [1.82, 2.24) is 0 Å². The van der Waals surface area contributed by atoms with Gasteiger partial charge in [-0.1, -0.05) is 196 Å². The predicted molar refractivity (Wildman–Crippen MR) is 276 cm³/mol. The molecule has 10 aromatic rings. The lowest BCUT2D eigenvalue weighted by Crippen LogP contribution is -2.21. The van der Waals surface area contributed by atoms with E-state index in [1.807, 2.05) is 0 Å². The Labute approximate surface area is 383 Å². The zero-order chi connectivity index (χ0) is 43.7. The molecule has 1 aliphatic rings. The third-order valence-corrected chi connectivity index (χ3v) is 13.5. The molecule has 312 valence electrons. The van der Waals surface area contributed by atoms with Crippen LogP contribution in [0.25, 0.3) is 55.3 Å². The molecule has 0 saturated heterocycles. The average Bonchev–Trinajstić information content (AvgIpc) is 3.62. The fraction of sp³-hybridized carbons (Fsp3) is 0.0794. The SMILES string of the molecule is CCCC1(C)c2ccccc2-c2ccc(N(c3ccccc3)c3ccccc3-c3ccc(-c4ccccc4N(c4ccccc4)c4ccc(-c5ccc6ccccc6c5)cc4)cc3)cc21. The molecule has 10 aromatic carbocycles. The minimum Gasteiger partial charge on any atom is -0.310 e. The molecule has 0 N–H and O–H groups in total. The number of rotatable bonds is 11. The van der Waals surface area contributed by atoms with Crippen LogP contribution in [-0.4, -0.2) is 0 Å². The molecular formula is C63H50N2. The van der Waals surface area contributed by atoms with Gasteiger partial charge in [0.05, 0.1) is 11.4 Å². The molecule has 0 fully saturated rings. The normalized spacial score (nSPS) is 13.9. The summed E-state index contributed by atoms with van der Waals surface area (Å²) >= 11 is 0. The van der Waals surface area contributed by atoms with Crippen molar-refractivity contribution in [2.45, 2.75) is 32.1 Å². The van der Waals surface area contributed by atoms with Gasteiger partial charge in [0.15, 0.2) is 0 Å². The Balaban J connectivity index is 0.965. The van der Waals surface area contributed by atoms with Crippen LogP contribution in [0.5, 0.6) is 0 Å². The zero-order valence-electron chi connectivity index (χ0n) is 36.9. The van der Waals surface area contributed by atoms with Crippen LogP contribution in [0.15, 0.2) is 243 Å². The summed E-state index contributed by atoms with van der Waals surface area (Å²) in [5.74, 6) is 0. The van der Waals surface area contributed by atoms with E-state index in [2.05, 4.69) is 266 Å². The molecule has 0 radical (unpaired) electrons. The summed E-state index contributed by atoms with van der Waals surface area (Å²) in [5.41, 5.74) is 19.3. The summed E-state index contributed by atoms with van der Waals surface area (Å²) in [5, 5.41) is 2.50. The van der Waals surface area contributed by atoms with Crippen molar-refractivity contribution in [3.8, 4) is 44.5 Å². The highest BCUT2D eigenvalue weighted by Gasteiger charge is 2.39.